The minimum atomic E-state index is 0.303. The van der Waals surface area contributed by atoms with Gasteiger partial charge in [-0.05, 0) is 95.4 Å². The van der Waals surface area contributed by atoms with E-state index in [0.717, 1.165) is 60.7 Å². The number of nitrogens with one attached hydrogen (secondary N) is 1. The van der Waals surface area contributed by atoms with Gasteiger partial charge in [-0.3, -0.25) is 4.99 Å². The molecule has 2 heterocycles. The number of aromatic nitrogens is 1. The molecule has 0 aliphatic carbocycles. The summed E-state index contributed by atoms with van der Waals surface area (Å²) in [6.45, 7) is 21.5. The van der Waals surface area contributed by atoms with Gasteiger partial charge in [0.2, 0.25) is 0 Å². The van der Waals surface area contributed by atoms with Gasteiger partial charge in [0.25, 0.3) is 0 Å². The molecular formula is C32H45N3. The van der Waals surface area contributed by atoms with Crippen LogP contribution in [-0.4, -0.2) is 10.7 Å². The van der Waals surface area contributed by atoms with Crippen molar-refractivity contribution in [3.8, 4) is 0 Å². The maximum Gasteiger partial charge on any atom is 0.133 e. The van der Waals surface area contributed by atoms with Crippen LogP contribution in [0, 0.1) is 5.92 Å². The average molecular weight is 472 g/mol. The molecule has 1 aromatic rings. The van der Waals surface area contributed by atoms with Crippen LogP contribution in [0.5, 0.6) is 0 Å². The molecule has 1 aromatic heterocycles. The molecule has 1 aliphatic rings. The summed E-state index contributed by atoms with van der Waals surface area (Å²) in [6, 6.07) is 4.37. The van der Waals surface area contributed by atoms with Gasteiger partial charge in [-0.1, -0.05) is 74.9 Å². The van der Waals surface area contributed by atoms with Crippen LogP contribution in [0.2, 0.25) is 0 Å². The topological polar surface area (TPSA) is 37.3 Å². The normalized spacial score (nSPS) is 15.5. The van der Waals surface area contributed by atoms with Gasteiger partial charge in [0.1, 0.15) is 5.82 Å². The second kappa shape index (κ2) is 13.8. The number of anilines is 1. The lowest BCUT2D eigenvalue weighted by atomic mass is 9.94. The van der Waals surface area contributed by atoms with Crippen LogP contribution in [-0.2, 0) is 12.8 Å². The van der Waals surface area contributed by atoms with Crippen molar-refractivity contribution >= 4 is 11.5 Å². The molecule has 3 heteroatoms. The standard InChI is InChI=1S/C32H45N3/c1-10-13-25(8)29(15-12-14-24(7)11-2)31(23(5)6)35-30(22(3)4)21-20-28-19-18-27-17-16-26(9)33-32(27)34-28/h10,12-15,18-19,23H,9,11,16-17,20-21H2,1-8H3,(H,33,34)/b13-10-,15-12-,24-14-,29-25-,35-31?. The summed E-state index contributed by atoms with van der Waals surface area (Å²) in [7, 11) is 0. The van der Waals surface area contributed by atoms with Gasteiger partial charge >= 0.3 is 0 Å². The minimum absolute atomic E-state index is 0.303. The van der Waals surface area contributed by atoms with Crippen molar-refractivity contribution < 1.29 is 0 Å². The Kier molecular flexibility index (Phi) is 11.2. The zero-order valence-electron chi connectivity index (χ0n) is 23.3. The van der Waals surface area contributed by atoms with E-state index in [1.807, 2.05) is 0 Å². The second-order valence-corrected chi connectivity index (χ2v) is 9.96. The molecule has 2 rings (SSSR count). The number of aliphatic imine (C=N–C) groups is 1. The maximum atomic E-state index is 5.29. The van der Waals surface area contributed by atoms with E-state index in [2.05, 4.69) is 110 Å². The quantitative estimate of drug-likeness (QED) is 0.273. The van der Waals surface area contributed by atoms with Gasteiger partial charge in [-0.2, -0.15) is 0 Å². The Labute approximate surface area is 214 Å². The van der Waals surface area contributed by atoms with E-state index >= 15 is 0 Å². The summed E-state index contributed by atoms with van der Waals surface area (Å²) in [6.07, 6.45) is 15.6. The summed E-state index contributed by atoms with van der Waals surface area (Å²) in [5.74, 6) is 1.27. The molecule has 0 aromatic carbocycles. The fourth-order valence-corrected chi connectivity index (χ4v) is 3.99. The average Bonchev–Trinajstić information content (AvgIpc) is 2.81. The number of aryl methyl sites for hydroxylation is 2. The zero-order chi connectivity index (χ0) is 26.0. The molecule has 1 aliphatic heterocycles. The molecule has 0 fully saturated rings. The smallest absolute Gasteiger partial charge is 0.133 e. The molecule has 0 spiro atoms. The van der Waals surface area contributed by atoms with Crippen LogP contribution in [0.3, 0.4) is 0 Å². The Morgan fingerprint density at radius 1 is 1.14 bits per heavy atom. The van der Waals surface area contributed by atoms with Crippen molar-refractivity contribution in [2.24, 2.45) is 10.9 Å². The third-order valence-electron chi connectivity index (χ3n) is 6.34. The Bertz CT molecular complexity index is 1080. The van der Waals surface area contributed by atoms with Crippen molar-refractivity contribution in [3.05, 3.63) is 94.0 Å². The minimum Gasteiger partial charge on any atom is -0.344 e. The highest BCUT2D eigenvalue weighted by Crippen LogP contribution is 2.26. The lowest BCUT2D eigenvalue weighted by molar-refractivity contribution is 0.838. The SMILES string of the molecule is C=C1CCc2ccc(CCC(N=C(C(/C=C\C=C(\C)CC)=C(C)\C=C/C)C(C)C)=C(C)C)nc2N1. The molecule has 188 valence electrons. The predicted octanol–water partition coefficient (Wildman–Crippen LogP) is 9.08. The van der Waals surface area contributed by atoms with Crippen molar-refractivity contribution in [3.63, 3.8) is 0 Å². The summed E-state index contributed by atoms with van der Waals surface area (Å²) in [5, 5.41) is 3.36. The van der Waals surface area contributed by atoms with E-state index in [0.29, 0.717) is 5.92 Å². The first-order valence-electron chi connectivity index (χ1n) is 13.0. The van der Waals surface area contributed by atoms with Crippen LogP contribution in [0.1, 0.15) is 85.9 Å². The first-order valence-corrected chi connectivity index (χ1v) is 13.0. The van der Waals surface area contributed by atoms with Gasteiger partial charge in [0.15, 0.2) is 0 Å². The van der Waals surface area contributed by atoms with Crippen LogP contribution >= 0.6 is 0 Å². The molecule has 3 nitrogen and oxygen atoms in total. The van der Waals surface area contributed by atoms with Crippen molar-refractivity contribution in [1.82, 2.24) is 4.98 Å². The molecule has 35 heavy (non-hydrogen) atoms. The summed E-state index contributed by atoms with van der Waals surface area (Å²) < 4.78 is 0. The van der Waals surface area contributed by atoms with Crippen LogP contribution in [0.15, 0.2) is 87.8 Å². The van der Waals surface area contributed by atoms with Crippen molar-refractivity contribution in [1.29, 1.82) is 0 Å². The maximum absolute atomic E-state index is 5.29. The molecule has 0 saturated carbocycles. The highest BCUT2D eigenvalue weighted by atomic mass is 15.0. The van der Waals surface area contributed by atoms with E-state index in [4.69, 9.17) is 9.98 Å². The molecule has 0 radical (unpaired) electrons. The number of rotatable bonds is 10. The monoisotopic (exact) mass is 471 g/mol. The van der Waals surface area contributed by atoms with Crippen LogP contribution in [0.25, 0.3) is 0 Å². The molecule has 0 atom stereocenters. The van der Waals surface area contributed by atoms with Gasteiger partial charge in [0, 0.05) is 17.1 Å². The van der Waals surface area contributed by atoms with Gasteiger partial charge in [-0.25, -0.2) is 4.98 Å². The van der Waals surface area contributed by atoms with Gasteiger partial charge < -0.3 is 5.32 Å². The number of hydrogen-bond donors (Lipinski definition) is 1. The summed E-state index contributed by atoms with van der Waals surface area (Å²) in [5.41, 5.74) is 10.7. The first kappa shape index (κ1) is 28.3. The second-order valence-electron chi connectivity index (χ2n) is 9.96. The molecular weight excluding hydrogens is 426 g/mol. The summed E-state index contributed by atoms with van der Waals surface area (Å²) in [4.78, 5) is 10.2. The molecule has 0 saturated heterocycles. The van der Waals surface area contributed by atoms with Gasteiger partial charge in [-0.15, -0.1) is 0 Å². The van der Waals surface area contributed by atoms with E-state index < -0.39 is 0 Å². The zero-order valence-corrected chi connectivity index (χ0v) is 23.3. The van der Waals surface area contributed by atoms with E-state index in [1.54, 1.807) is 0 Å². The van der Waals surface area contributed by atoms with E-state index in [-0.39, 0.29) is 0 Å². The number of allylic oxidation sites excluding steroid dienone is 11. The number of hydrogen-bond acceptors (Lipinski definition) is 3. The van der Waals surface area contributed by atoms with Crippen molar-refractivity contribution in [2.75, 3.05) is 5.32 Å². The lowest BCUT2D eigenvalue weighted by Crippen LogP contribution is -2.13. The lowest BCUT2D eigenvalue weighted by Gasteiger charge is -2.20. The number of pyridine rings is 1. The fourth-order valence-electron chi connectivity index (χ4n) is 3.99. The third-order valence-corrected chi connectivity index (χ3v) is 6.34. The molecule has 0 bridgehead atoms. The third kappa shape index (κ3) is 8.65. The largest absolute Gasteiger partial charge is 0.344 e. The van der Waals surface area contributed by atoms with E-state index in [9.17, 15) is 0 Å². The number of fused-ring (bicyclic) bond motifs is 1. The Hall–Kier alpha value is -2.94. The number of nitrogens with zero attached hydrogens (tertiary/aromatic N) is 2. The van der Waals surface area contributed by atoms with Crippen LogP contribution in [0.4, 0.5) is 5.82 Å². The Morgan fingerprint density at radius 2 is 1.89 bits per heavy atom. The molecule has 0 amide bonds. The van der Waals surface area contributed by atoms with Crippen LogP contribution < -0.4 is 5.32 Å². The van der Waals surface area contributed by atoms with Crippen molar-refractivity contribution in [2.45, 2.75) is 87.5 Å². The molecule has 0 unspecified atom stereocenters. The predicted molar refractivity (Wildman–Crippen MR) is 155 cm³/mol. The first-order chi connectivity index (χ1) is 16.7. The highest BCUT2D eigenvalue weighted by Gasteiger charge is 2.15. The van der Waals surface area contributed by atoms with E-state index in [1.165, 1.54) is 27.9 Å². The highest BCUT2D eigenvalue weighted by molar-refractivity contribution is 6.05. The van der Waals surface area contributed by atoms with Gasteiger partial charge in [0.05, 0.1) is 5.71 Å². The Balaban J connectivity index is 2.38. The molecule has 1 N–H and O–H groups in total. The Morgan fingerprint density at radius 3 is 2.51 bits per heavy atom. The summed E-state index contributed by atoms with van der Waals surface area (Å²) >= 11 is 0. The fraction of sp³-hybridized carbons (Fsp3) is 0.438.